The first kappa shape index (κ1) is 32.0. The highest BCUT2D eigenvalue weighted by atomic mass is 28.3. The van der Waals surface area contributed by atoms with Gasteiger partial charge in [-0.3, -0.25) is 14.3 Å². The Labute approximate surface area is 249 Å². The minimum atomic E-state index is -3.01. The second kappa shape index (κ2) is 12.8. The summed E-state index contributed by atoms with van der Waals surface area (Å²) in [5.74, 6) is -1.33. The number of nitrogens with zero attached hydrogens (tertiary/aromatic N) is 5. The maximum absolute atomic E-state index is 13.4. The molecule has 0 aliphatic carbocycles. The maximum atomic E-state index is 13.4. The minimum Gasteiger partial charge on any atom is -0.481 e. The normalized spacial score (nSPS) is 12.4. The number of nitrogens with one attached hydrogen (secondary N) is 1. The van der Waals surface area contributed by atoms with Crippen molar-refractivity contribution >= 4 is 42.0 Å². The van der Waals surface area contributed by atoms with E-state index in [1.807, 2.05) is 20.8 Å². The lowest BCUT2D eigenvalue weighted by molar-refractivity contribution is -0.137. The summed E-state index contributed by atoms with van der Waals surface area (Å²) in [4.78, 5) is 33.9. The van der Waals surface area contributed by atoms with E-state index in [2.05, 4.69) is 39.8 Å². The summed E-state index contributed by atoms with van der Waals surface area (Å²) in [6, 6.07) is 5.42. The van der Waals surface area contributed by atoms with Gasteiger partial charge >= 0.3 is 12.6 Å². The number of alkyl halides is 2. The van der Waals surface area contributed by atoms with Crippen LogP contribution < -0.4 is 10.1 Å². The quantitative estimate of drug-likeness (QED) is 0.143. The highest BCUT2D eigenvalue weighted by Crippen LogP contribution is 2.32. The smallest absolute Gasteiger partial charge is 0.387 e. The fourth-order valence-corrected chi connectivity index (χ4v) is 5.21. The van der Waals surface area contributed by atoms with E-state index in [9.17, 15) is 18.4 Å². The Morgan fingerprint density at radius 3 is 2.58 bits per heavy atom. The Hall–Kier alpha value is -3.91. The molecule has 0 atom stereocenters. The van der Waals surface area contributed by atoms with Gasteiger partial charge in [-0.25, -0.2) is 9.97 Å². The maximum Gasteiger partial charge on any atom is 0.387 e. The van der Waals surface area contributed by atoms with Crippen LogP contribution in [0.3, 0.4) is 0 Å². The zero-order valence-corrected chi connectivity index (χ0v) is 26.3. The summed E-state index contributed by atoms with van der Waals surface area (Å²) in [5, 5.41) is 17.2. The molecule has 43 heavy (non-hydrogen) atoms. The van der Waals surface area contributed by atoms with E-state index in [0.29, 0.717) is 52.0 Å². The van der Waals surface area contributed by atoms with E-state index in [1.165, 1.54) is 18.3 Å². The number of benzene rings is 1. The van der Waals surface area contributed by atoms with Crippen LogP contribution in [-0.4, -0.2) is 68.1 Å². The number of carbonyl (C=O) groups is 2. The standard InChI is InChI=1S/C29H38F2N6O5Si/c1-29(2,3)34-27(40)20-16-36(17-41-12-13-43(4,5)6)26-25(20)33-21(15-32-26)24-19-14-18(42-28(30)31)9-10-22(19)37(35-24)11-7-8-23(38)39/h9-10,14-16,28H,7-8,11-13,17H2,1-6H3,(H,34,40)(H,38,39). The number of amides is 1. The Bertz CT molecular complexity index is 1620. The molecule has 4 aromatic rings. The SMILES string of the molecule is CC(C)(C)NC(=O)c1cn(COCC[Si](C)(C)C)c2ncc(-c3nn(CCCC(=O)O)c4ccc(OC(F)F)cc34)nc12. The van der Waals surface area contributed by atoms with Crippen molar-refractivity contribution in [3.8, 4) is 17.1 Å². The van der Waals surface area contributed by atoms with Crippen LogP contribution in [0.1, 0.15) is 44.0 Å². The average Bonchev–Trinajstić information content (AvgIpc) is 3.42. The molecule has 11 nitrogen and oxygen atoms in total. The van der Waals surface area contributed by atoms with Gasteiger partial charge in [0.2, 0.25) is 0 Å². The fourth-order valence-electron chi connectivity index (χ4n) is 4.45. The molecule has 0 aliphatic heterocycles. The number of carboxylic acid groups (broad SMARTS) is 1. The highest BCUT2D eigenvalue weighted by Gasteiger charge is 2.24. The lowest BCUT2D eigenvalue weighted by Gasteiger charge is -2.20. The predicted octanol–water partition coefficient (Wildman–Crippen LogP) is 5.75. The molecule has 0 fully saturated rings. The Kier molecular flexibility index (Phi) is 9.50. The van der Waals surface area contributed by atoms with E-state index in [0.717, 1.165) is 6.04 Å². The van der Waals surface area contributed by atoms with Crippen LogP contribution in [-0.2, 0) is 22.8 Å². The second-order valence-electron chi connectivity index (χ2n) is 12.6. The van der Waals surface area contributed by atoms with Crippen molar-refractivity contribution in [1.29, 1.82) is 0 Å². The third-order valence-electron chi connectivity index (χ3n) is 6.48. The van der Waals surface area contributed by atoms with Crippen molar-refractivity contribution in [3.05, 3.63) is 36.2 Å². The van der Waals surface area contributed by atoms with Crippen molar-refractivity contribution in [2.75, 3.05) is 6.61 Å². The van der Waals surface area contributed by atoms with Crippen molar-refractivity contribution in [2.24, 2.45) is 0 Å². The fraction of sp³-hybridized carbons (Fsp3) is 0.483. The van der Waals surface area contributed by atoms with E-state index in [4.69, 9.17) is 14.8 Å². The van der Waals surface area contributed by atoms with Crippen LogP contribution in [0.25, 0.3) is 33.5 Å². The van der Waals surface area contributed by atoms with E-state index >= 15 is 0 Å². The lowest BCUT2D eigenvalue weighted by Crippen LogP contribution is -2.40. The number of hydrogen-bond acceptors (Lipinski definition) is 7. The lowest BCUT2D eigenvalue weighted by atomic mass is 10.1. The van der Waals surface area contributed by atoms with Gasteiger partial charge < -0.3 is 24.5 Å². The van der Waals surface area contributed by atoms with E-state index < -0.39 is 26.2 Å². The summed E-state index contributed by atoms with van der Waals surface area (Å²) in [5.41, 5.74) is 1.81. The van der Waals surface area contributed by atoms with Gasteiger partial charge in [-0.2, -0.15) is 13.9 Å². The number of aliphatic carboxylic acids is 1. The Morgan fingerprint density at radius 1 is 1.19 bits per heavy atom. The van der Waals surface area contributed by atoms with Gasteiger partial charge in [0, 0.05) is 44.8 Å². The van der Waals surface area contributed by atoms with Crippen LogP contribution in [0.2, 0.25) is 25.7 Å². The van der Waals surface area contributed by atoms with Crippen LogP contribution in [0, 0.1) is 0 Å². The van der Waals surface area contributed by atoms with Gasteiger partial charge in [0.1, 0.15) is 29.4 Å². The molecule has 232 valence electrons. The number of hydrogen-bond donors (Lipinski definition) is 2. The molecule has 2 N–H and O–H groups in total. The zero-order valence-electron chi connectivity index (χ0n) is 25.3. The molecule has 0 saturated carbocycles. The summed E-state index contributed by atoms with van der Waals surface area (Å²) >= 11 is 0. The first-order chi connectivity index (χ1) is 20.1. The van der Waals surface area contributed by atoms with Crippen LogP contribution in [0.4, 0.5) is 8.78 Å². The first-order valence-electron chi connectivity index (χ1n) is 14.0. The van der Waals surface area contributed by atoms with Crippen molar-refractivity contribution < 1.29 is 33.0 Å². The Balaban J connectivity index is 1.80. The van der Waals surface area contributed by atoms with Gasteiger partial charge in [-0.15, -0.1) is 0 Å². The third-order valence-corrected chi connectivity index (χ3v) is 8.18. The molecule has 0 saturated heterocycles. The summed E-state index contributed by atoms with van der Waals surface area (Å²) in [7, 11) is -1.30. The minimum absolute atomic E-state index is 0.0604. The number of carbonyl (C=O) groups excluding carboxylic acids is 1. The monoisotopic (exact) mass is 616 g/mol. The van der Waals surface area contributed by atoms with Gasteiger partial charge in [0.25, 0.3) is 5.91 Å². The molecule has 1 amide bonds. The summed E-state index contributed by atoms with van der Waals surface area (Å²) < 4.78 is 39.9. The topological polar surface area (TPSA) is 133 Å². The average molecular weight is 617 g/mol. The van der Waals surface area contributed by atoms with Gasteiger partial charge in [0.15, 0.2) is 5.65 Å². The molecule has 14 heteroatoms. The predicted molar refractivity (Wildman–Crippen MR) is 161 cm³/mol. The van der Waals surface area contributed by atoms with Crippen molar-refractivity contribution in [2.45, 2.75) is 84.7 Å². The Morgan fingerprint density at radius 2 is 1.93 bits per heavy atom. The molecule has 1 aromatic carbocycles. The van der Waals surface area contributed by atoms with Crippen LogP contribution in [0.15, 0.2) is 30.6 Å². The summed E-state index contributed by atoms with van der Waals surface area (Å²) in [6.45, 7) is 10.5. The number of halogens is 2. The van der Waals surface area contributed by atoms with Crippen molar-refractivity contribution in [3.63, 3.8) is 0 Å². The molecular formula is C29H38F2N6O5Si. The van der Waals surface area contributed by atoms with E-state index in [-0.39, 0.29) is 31.4 Å². The molecule has 4 rings (SSSR count). The van der Waals surface area contributed by atoms with Gasteiger partial charge in [0.05, 0.1) is 17.3 Å². The number of ether oxygens (including phenoxy) is 2. The number of rotatable bonds is 13. The summed E-state index contributed by atoms with van der Waals surface area (Å²) in [6.07, 6.45) is 3.43. The number of aromatic nitrogens is 5. The van der Waals surface area contributed by atoms with Crippen molar-refractivity contribution in [1.82, 2.24) is 29.6 Å². The zero-order chi connectivity index (χ0) is 31.5. The molecule has 0 bridgehead atoms. The van der Waals surface area contributed by atoms with Gasteiger partial charge in [-0.1, -0.05) is 19.6 Å². The molecule has 0 unspecified atom stereocenters. The van der Waals surface area contributed by atoms with Crippen LogP contribution in [0.5, 0.6) is 5.75 Å². The third kappa shape index (κ3) is 8.35. The number of fused-ring (bicyclic) bond motifs is 2. The number of aryl methyl sites for hydroxylation is 1. The highest BCUT2D eigenvalue weighted by molar-refractivity contribution is 6.76. The molecule has 0 spiro atoms. The molecule has 3 heterocycles. The molecular weight excluding hydrogens is 578 g/mol. The second-order valence-corrected chi connectivity index (χ2v) is 18.2. The van der Waals surface area contributed by atoms with Crippen LogP contribution >= 0.6 is 0 Å². The first-order valence-corrected chi connectivity index (χ1v) is 17.8. The largest absolute Gasteiger partial charge is 0.481 e. The number of carboxylic acids is 1. The molecule has 3 aromatic heterocycles. The van der Waals surface area contributed by atoms with Gasteiger partial charge in [-0.05, 0) is 51.4 Å². The molecule has 0 radical (unpaired) electrons. The molecule has 0 aliphatic rings. The van der Waals surface area contributed by atoms with E-state index in [1.54, 1.807) is 21.5 Å².